The van der Waals surface area contributed by atoms with Gasteiger partial charge >= 0.3 is 5.97 Å². The second kappa shape index (κ2) is 7.83. The zero-order valence-electron chi connectivity index (χ0n) is 11.4. The molecule has 0 saturated heterocycles. The highest BCUT2D eigenvalue weighted by Gasteiger charge is 2.07. The van der Waals surface area contributed by atoms with Crippen LogP contribution >= 0.6 is 0 Å². The average molecular weight is 279 g/mol. The lowest BCUT2D eigenvalue weighted by atomic mass is 10.2. The smallest absolute Gasteiger partial charge is 0.328 e. The fourth-order valence-corrected chi connectivity index (χ4v) is 1.47. The summed E-state index contributed by atoms with van der Waals surface area (Å²) in [6.45, 7) is 2.26. The summed E-state index contributed by atoms with van der Waals surface area (Å²) in [7, 11) is 1.47. The van der Waals surface area contributed by atoms with Crippen LogP contribution in [0.1, 0.15) is 12.5 Å². The number of rotatable bonds is 7. The summed E-state index contributed by atoms with van der Waals surface area (Å²) >= 11 is 0. The first-order chi connectivity index (χ1) is 9.56. The number of carbonyl (C=O) groups is 2. The summed E-state index contributed by atoms with van der Waals surface area (Å²) in [6.07, 6.45) is 2.47. The quantitative estimate of drug-likeness (QED) is 0.735. The van der Waals surface area contributed by atoms with E-state index in [0.29, 0.717) is 23.6 Å². The second-order valence-corrected chi connectivity index (χ2v) is 3.82. The third-order valence-electron chi connectivity index (χ3n) is 2.34. The maximum Gasteiger partial charge on any atom is 0.328 e. The Morgan fingerprint density at radius 3 is 2.70 bits per heavy atom. The first kappa shape index (κ1) is 15.6. The number of carbonyl (C=O) groups excluding carboxylic acids is 1. The van der Waals surface area contributed by atoms with Crippen LogP contribution in [0.2, 0.25) is 0 Å². The molecule has 1 aromatic rings. The molecule has 0 aromatic heterocycles. The second-order valence-electron chi connectivity index (χ2n) is 3.82. The van der Waals surface area contributed by atoms with E-state index in [1.54, 1.807) is 18.2 Å². The Bertz CT molecular complexity index is 510. The van der Waals surface area contributed by atoms with Crippen LogP contribution in [-0.2, 0) is 9.59 Å². The molecule has 0 aliphatic rings. The maximum atomic E-state index is 11.3. The van der Waals surface area contributed by atoms with Gasteiger partial charge in [-0.2, -0.15) is 0 Å². The van der Waals surface area contributed by atoms with E-state index in [4.69, 9.17) is 14.6 Å². The van der Waals surface area contributed by atoms with E-state index in [0.717, 1.165) is 6.08 Å². The highest BCUT2D eigenvalue weighted by Crippen LogP contribution is 2.28. The Labute approximate surface area is 117 Å². The minimum Gasteiger partial charge on any atom is -0.493 e. The van der Waals surface area contributed by atoms with Gasteiger partial charge < -0.3 is 19.9 Å². The highest BCUT2D eigenvalue weighted by atomic mass is 16.5. The number of hydrogen-bond acceptors (Lipinski definition) is 4. The number of carboxylic acids is 1. The lowest BCUT2D eigenvalue weighted by Crippen LogP contribution is -2.28. The average Bonchev–Trinajstić information content (AvgIpc) is 2.43. The predicted molar refractivity (Wildman–Crippen MR) is 73.8 cm³/mol. The molecule has 0 atom stereocenters. The molecule has 20 heavy (non-hydrogen) atoms. The van der Waals surface area contributed by atoms with Crippen LogP contribution in [0.15, 0.2) is 24.3 Å². The molecule has 1 rings (SSSR count). The number of nitrogens with one attached hydrogen (secondary N) is 1. The standard InChI is InChI=1S/C14H17NO5/c1-3-15-13(16)9-20-11-6-4-10(5-7-14(17)18)8-12(11)19-2/h4-8H,3,9H2,1-2H3,(H,15,16)(H,17,18)/b7-5+. The van der Waals surface area contributed by atoms with Crippen LogP contribution in [0.25, 0.3) is 6.08 Å². The molecule has 0 fully saturated rings. The van der Waals surface area contributed by atoms with Crippen molar-refractivity contribution in [2.24, 2.45) is 0 Å². The lowest BCUT2D eigenvalue weighted by Gasteiger charge is -2.11. The van der Waals surface area contributed by atoms with Gasteiger partial charge in [0, 0.05) is 12.6 Å². The van der Waals surface area contributed by atoms with Gasteiger partial charge in [0.05, 0.1) is 7.11 Å². The maximum absolute atomic E-state index is 11.3. The summed E-state index contributed by atoms with van der Waals surface area (Å²) in [6, 6.07) is 4.93. The van der Waals surface area contributed by atoms with Crippen LogP contribution in [0, 0.1) is 0 Å². The van der Waals surface area contributed by atoms with Gasteiger partial charge in [-0.1, -0.05) is 6.07 Å². The number of benzene rings is 1. The van der Waals surface area contributed by atoms with Crippen LogP contribution in [0.5, 0.6) is 11.5 Å². The molecule has 2 N–H and O–H groups in total. The minimum atomic E-state index is -1.03. The van der Waals surface area contributed by atoms with Gasteiger partial charge in [0.2, 0.25) is 0 Å². The first-order valence-electron chi connectivity index (χ1n) is 6.05. The monoisotopic (exact) mass is 279 g/mol. The normalized spacial score (nSPS) is 10.3. The van der Waals surface area contributed by atoms with Crippen molar-refractivity contribution in [2.75, 3.05) is 20.3 Å². The predicted octanol–water partition coefficient (Wildman–Crippen LogP) is 1.31. The van der Waals surface area contributed by atoms with Gasteiger partial charge in [0.25, 0.3) is 5.91 Å². The molecule has 0 spiro atoms. The van der Waals surface area contributed by atoms with E-state index >= 15 is 0 Å². The fourth-order valence-electron chi connectivity index (χ4n) is 1.47. The number of methoxy groups -OCH3 is 1. The van der Waals surface area contributed by atoms with E-state index in [2.05, 4.69) is 5.32 Å². The van der Waals surface area contributed by atoms with E-state index in [1.165, 1.54) is 13.2 Å². The molecule has 0 aliphatic carbocycles. The van der Waals surface area contributed by atoms with Crippen LogP contribution in [-0.4, -0.2) is 37.2 Å². The Morgan fingerprint density at radius 1 is 1.35 bits per heavy atom. The third-order valence-corrected chi connectivity index (χ3v) is 2.34. The van der Waals surface area contributed by atoms with Crippen LogP contribution in [0.4, 0.5) is 0 Å². The lowest BCUT2D eigenvalue weighted by molar-refractivity contribution is -0.131. The Balaban J connectivity index is 2.77. The molecule has 0 radical (unpaired) electrons. The van der Waals surface area contributed by atoms with Crippen molar-refractivity contribution in [3.63, 3.8) is 0 Å². The van der Waals surface area contributed by atoms with Crippen molar-refractivity contribution in [1.29, 1.82) is 0 Å². The number of carboxylic acid groups (broad SMARTS) is 1. The number of ether oxygens (including phenoxy) is 2. The number of aliphatic carboxylic acids is 1. The number of likely N-dealkylation sites (N-methyl/N-ethyl adjacent to an activating group) is 1. The number of amides is 1. The van der Waals surface area contributed by atoms with Gasteiger partial charge in [0.1, 0.15) is 0 Å². The fraction of sp³-hybridized carbons (Fsp3) is 0.286. The van der Waals surface area contributed by atoms with Crippen LogP contribution < -0.4 is 14.8 Å². The topological polar surface area (TPSA) is 84.9 Å². The van der Waals surface area contributed by atoms with Crippen molar-refractivity contribution >= 4 is 18.0 Å². The van der Waals surface area contributed by atoms with Gasteiger partial charge in [-0.05, 0) is 30.7 Å². The molecule has 1 aromatic carbocycles. The molecular formula is C14H17NO5. The summed E-state index contributed by atoms with van der Waals surface area (Å²) < 4.78 is 10.5. The molecule has 108 valence electrons. The highest BCUT2D eigenvalue weighted by molar-refractivity contribution is 5.85. The molecule has 6 heteroatoms. The molecule has 0 aliphatic heterocycles. The Kier molecular flexibility index (Phi) is 6.09. The molecular weight excluding hydrogens is 262 g/mol. The Morgan fingerprint density at radius 2 is 2.10 bits per heavy atom. The van der Waals surface area contributed by atoms with Crippen molar-refractivity contribution in [1.82, 2.24) is 5.32 Å². The van der Waals surface area contributed by atoms with Crippen molar-refractivity contribution < 1.29 is 24.2 Å². The zero-order valence-corrected chi connectivity index (χ0v) is 11.4. The SMILES string of the molecule is CCNC(=O)COc1ccc(/C=C/C(=O)O)cc1OC. The van der Waals surface area contributed by atoms with Gasteiger partial charge in [-0.3, -0.25) is 4.79 Å². The molecule has 6 nitrogen and oxygen atoms in total. The zero-order chi connectivity index (χ0) is 15.0. The molecule has 0 heterocycles. The first-order valence-corrected chi connectivity index (χ1v) is 6.05. The summed E-state index contributed by atoms with van der Waals surface area (Å²) in [5.41, 5.74) is 0.662. The van der Waals surface area contributed by atoms with E-state index in [9.17, 15) is 9.59 Å². The summed E-state index contributed by atoms with van der Waals surface area (Å²) in [4.78, 5) is 21.8. The summed E-state index contributed by atoms with van der Waals surface area (Å²) in [5, 5.41) is 11.2. The van der Waals surface area contributed by atoms with E-state index in [1.807, 2.05) is 6.92 Å². The van der Waals surface area contributed by atoms with Gasteiger partial charge in [-0.15, -0.1) is 0 Å². The van der Waals surface area contributed by atoms with Crippen molar-refractivity contribution in [3.05, 3.63) is 29.8 Å². The third kappa shape index (κ3) is 5.01. The minimum absolute atomic E-state index is 0.103. The summed E-state index contributed by atoms with van der Waals surface area (Å²) in [5.74, 6) is -0.391. The largest absolute Gasteiger partial charge is 0.493 e. The van der Waals surface area contributed by atoms with Crippen molar-refractivity contribution in [3.8, 4) is 11.5 Å². The van der Waals surface area contributed by atoms with Crippen LogP contribution in [0.3, 0.4) is 0 Å². The van der Waals surface area contributed by atoms with E-state index < -0.39 is 5.97 Å². The molecule has 0 saturated carbocycles. The molecule has 0 bridgehead atoms. The van der Waals surface area contributed by atoms with Gasteiger partial charge in [-0.25, -0.2) is 4.79 Å². The molecule has 0 unspecified atom stereocenters. The number of hydrogen-bond donors (Lipinski definition) is 2. The van der Waals surface area contributed by atoms with E-state index in [-0.39, 0.29) is 12.5 Å². The molecule has 1 amide bonds. The van der Waals surface area contributed by atoms with Crippen molar-refractivity contribution in [2.45, 2.75) is 6.92 Å². The van der Waals surface area contributed by atoms with Gasteiger partial charge in [0.15, 0.2) is 18.1 Å². The Hall–Kier alpha value is -2.50.